The number of carboxylic acid groups (broad SMARTS) is 1. The lowest BCUT2D eigenvalue weighted by Gasteiger charge is -2.41. The molecule has 0 atom stereocenters. The topological polar surface area (TPSA) is 109 Å². The van der Waals surface area contributed by atoms with Crippen molar-refractivity contribution in [3.8, 4) is 0 Å². The predicted molar refractivity (Wildman–Crippen MR) is 98.9 cm³/mol. The van der Waals surface area contributed by atoms with Gasteiger partial charge in [-0.2, -0.15) is 0 Å². The second-order valence-electron chi connectivity index (χ2n) is 7.14. The first kappa shape index (κ1) is 19.9. The lowest BCUT2D eigenvalue weighted by atomic mass is 9.75. The molecule has 28 heavy (non-hydrogen) atoms. The molecule has 0 unspecified atom stereocenters. The number of aryl methyl sites for hydroxylation is 1. The average Bonchev–Trinajstić information content (AvgIpc) is 3.21. The van der Waals surface area contributed by atoms with Crippen molar-refractivity contribution in [3.05, 3.63) is 47.3 Å². The van der Waals surface area contributed by atoms with Crippen molar-refractivity contribution in [2.24, 2.45) is 5.41 Å². The van der Waals surface area contributed by atoms with E-state index in [9.17, 15) is 9.18 Å². The summed E-state index contributed by atoms with van der Waals surface area (Å²) in [4.78, 5) is 21.7. The van der Waals surface area contributed by atoms with Crippen LogP contribution in [-0.2, 0) is 35.5 Å². The highest BCUT2D eigenvalue weighted by Gasteiger charge is 2.44. The van der Waals surface area contributed by atoms with Crippen molar-refractivity contribution in [2.75, 3.05) is 13.1 Å². The quantitative estimate of drug-likeness (QED) is 0.701. The Kier molecular flexibility index (Phi) is 6.03. The van der Waals surface area contributed by atoms with E-state index in [0.29, 0.717) is 31.6 Å². The van der Waals surface area contributed by atoms with E-state index in [-0.39, 0.29) is 11.7 Å². The van der Waals surface area contributed by atoms with Gasteiger partial charge >= 0.3 is 0 Å². The van der Waals surface area contributed by atoms with Gasteiger partial charge in [0, 0.05) is 33.0 Å². The highest BCUT2D eigenvalue weighted by Crippen LogP contribution is 2.29. The summed E-state index contributed by atoms with van der Waals surface area (Å²) in [5.74, 6) is 0.640. The van der Waals surface area contributed by atoms with Gasteiger partial charge in [-0.25, -0.2) is 4.39 Å². The molecular weight excluding hydrogens is 365 g/mol. The molecule has 1 amide bonds. The van der Waals surface area contributed by atoms with Gasteiger partial charge in [-0.15, -0.1) is 10.2 Å². The Morgan fingerprint density at radius 3 is 2.68 bits per heavy atom. The molecule has 0 spiro atoms. The molecule has 2 aliphatic rings. The van der Waals surface area contributed by atoms with E-state index in [4.69, 9.17) is 9.90 Å². The number of nitrogens with zero attached hydrogens (tertiary/aromatic N) is 3. The Morgan fingerprint density at radius 1 is 1.32 bits per heavy atom. The zero-order valence-corrected chi connectivity index (χ0v) is 15.7. The fourth-order valence-corrected chi connectivity index (χ4v) is 3.49. The zero-order chi connectivity index (χ0) is 20.1. The summed E-state index contributed by atoms with van der Waals surface area (Å²) in [7, 11) is 0. The molecule has 3 N–H and O–H groups in total. The Hall–Kier alpha value is -2.81. The van der Waals surface area contributed by atoms with E-state index in [0.717, 1.165) is 38.0 Å². The minimum absolute atomic E-state index is 0.0557. The van der Waals surface area contributed by atoms with E-state index in [1.165, 1.54) is 6.07 Å². The molecule has 0 radical (unpaired) electrons. The van der Waals surface area contributed by atoms with Crippen molar-refractivity contribution >= 4 is 11.9 Å². The Bertz CT molecular complexity index is 859. The van der Waals surface area contributed by atoms with Gasteiger partial charge in [0.1, 0.15) is 11.6 Å². The molecule has 150 valence electrons. The van der Waals surface area contributed by atoms with Gasteiger partial charge in [-0.1, -0.05) is 18.2 Å². The number of rotatable bonds is 5. The number of fused-ring (bicyclic) bond motifs is 1. The maximum Gasteiger partial charge on any atom is 0.300 e. The smallest absolute Gasteiger partial charge is 0.300 e. The van der Waals surface area contributed by atoms with Crippen LogP contribution in [0.3, 0.4) is 0 Å². The first-order valence-electron chi connectivity index (χ1n) is 9.24. The summed E-state index contributed by atoms with van der Waals surface area (Å²) in [6.07, 6.45) is 2.42. The highest BCUT2D eigenvalue weighted by molar-refractivity contribution is 5.84. The van der Waals surface area contributed by atoms with Crippen molar-refractivity contribution < 1.29 is 19.1 Å². The van der Waals surface area contributed by atoms with Gasteiger partial charge in [0.25, 0.3) is 5.97 Å². The number of carboxylic acids is 1. The summed E-state index contributed by atoms with van der Waals surface area (Å²) < 4.78 is 16.0. The van der Waals surface area contributed by atoms with Crippen LogP contribution in [0.2, 0.25) is 0 Å². The summed E-state index contributed by atoms with van der Waals surface area (Å²) in [5, 5.41) is 21.8. The van der Waals surface area contributed by atoms with Crippen LogP contribution in [0, 0.1) is 11.2 Å². The molecule has 3 heterocycles. The monoisotopic (exact) mass is 389 g/mol. The largest absolute Gasteiger partial charge is 0.481 e. The number of hydrogen-bond acceptors (Lipinski definition) is 5. The maximum absolute atomic E-state index is 13.9. The Balaban J connectivity index is 0.000000516. The number of carbonyl (C=O) groups is 2. The number of carbonyl (C=O) groups excluding carboxylic acids is 1. The first-order chi connectivity index (χ1) is 13.4. The lowest BCUT2D eigenvalue weighted by molar-refractivity contribution is -0.135. The Morgan fingerprint density at radius 2 is 2.04 bits per heavy atom. The van der Waals surface area contributed by atoms with Gasteiger partial charge in [0.15, 0.2) is 5.82 Å². The van der Waals surface area contributed by atoms with E-state index in [2.05, 4.69) is 25.4 Å². The predicted octanol–water partition coefficient (Wildman–Crippen LogP) is 0.903. The summed E-state index contributed by atoms with van der Waals surface area (Å²) >= 11 is 0. The molecule has 0 saturated carbocycles. The van der Waals surface area contributed by atoms with Crippen LogP contribution in [0.25, 0.3) is 0 Å². The van der Waals surface area contributed by atoms with Gasteiger partial charge in [0.2, 0.25) is 5.91 Å². The number of aromatic nitrogens is 3. The van der Waals surface area contributed by atoms with Crippen LogP contribution in [0.15, 0.2) is 24.3 Å². The van der Waals surface area contributed by atoms with E-state index >= 15 is 0 Å². The SMILES string of the molecule is CC(=O)O.O=C(NCc1nnc2n1CCC2)C1(Cc2ccccc2F)CNC1. The average molecular weight is 389 g/mol. The molecule has 1 saturated heterocycles. The minimum atomic E-state index is -0.833. The molecule has 1 aromatic heterocycles. The number of aliphatic carboxylic acids is 1. The maximum atomic E-state index is 13.9. The zero-order valence-electron chi connectivity index (χ0n) is 15.7. The summed E-state index contributed by atoms with van der Waals surface area (Å²) in [5.41, 5.74) is -0.00621. The number of halogens is 1. The molecule has 1 fully saturated rings. The van der Waals surface area contributed by atoms with Crippen LogP contribution in [0.1, 0.15) is 30.6 Å². The highest BCUT2D eigenvalue weighted by atomic mass is 19.1. The van der Waals surface area contributed by atoms with Crippen molar-refractivity contribution in [2.45, 2.75) is 39.3 Å². The fraction of sp³-hybridized carbons (Fsp3) is 0.474. The van der Waals surface area contributed by atoms with Crippen LogP contribution >= 0.6 is 0 Å². The van der Waals surface area contributed by atoms with Crippen molar-refractivity contribution in [3.63, 3.8) is 0 Å². The second kappa shape index (κ2) is 8.47. The second-order valence-corrected chi connectivity index (χ2v) is 7.14. The minimum Gasteiger partial charge on any atom is -0.481 e. The van der Waals surface area contributed by atoms with Crippen LogP contribution in [0.4, 0.5) is 4.39 Å². The molecular formula is C19H24FN5O3. The number of nitrogens with one attached hydrogen (secondary N) is 2. The third-order valence-electron chi connectivity index (χ3n) is 4.99. The number of hydrogen-bond donors (Lipinski definition) is 3. The third-order valence-corrected chi connectivity index (χ3v) is 4.99. The molecule has 2 aliphatic heterocycles. The van der Waals surface area contributed by atoms with E-state index in [1.54, 1.807) is 18.2 Å². The molecule has 9 heteroatoms. The van der Waals surface area contributed by atoms with Crippen LogP contribution in [-0.4, -0.2) is 44.8 Å². The Labute approximate surface area is 162 Å². The molecule has 4 rings (SSSR count). The number of amides is 1. The van der Waals surface area contributed by atoms with Crippen LogP contribution < -0.4 is 10.6 Å². The molecule has 1 aromatic carbocycles. The van der Waals surface area contributed by atoms with Crippen molar-refractivity contribution in [1.29, 1.82) is 0 Å². The normalized spacial score (nSPS) is 16.4. The van der Waals surface area contributed by atoms with Gasteiger partial charge in [-0.05, 0) is 24.5 Å². The summed E-state index contributed by atoms with van der Waals surface area (Å²) in [6.45, 7) is 3.48. The van der Waals surface area contributed by atoms with Crippen molar-refractivity contribution in [1.82, 2.24) is 25.4 Å². The van der Waals surface area contributed by atoms with E-state index < -0.39 is 11.4 Å². The molecule has 0 aliphatic carbocycles. The molecule has 8 nitrogen and oxygen atoms in total. The van der Waals surface area contributed by atoms with E-state index in [1.807, 2.05) is 0 Å². The molecule has 2 aromatic rings. The summed E-state index contributed by atoms with van der Waals surface area (Å²) in [6, 6.07) is 6.65. The molecule has 0 bridgehead atoms. The fourth-order valence-electron chi connectivity index (χ4n) is 3.49. The van der Waals surface area contributed by atoms with Gasteiger partial charge in [0.05, 0.1) is 12.0 Å². The third kappa shape index (κ3) is 4.36. The standard InChI is InChI=1S/C17H20FN5O.C2H4O2/c18-13-5-2-1-4-12(13)8-17(10-19-11-17)16(24)20-9-15-22-21-14-6-3-7-23(14)15;1-2(3)4/h1-2,4-5,19H,3,6-11H2,(H,20,24);1H3,(H,3,4). The van der Waals surface area contributed by atoms with Gasteiger partial charge < -0.3 is 20.3 Å². The first-order valence-corrected chi connectivity index (χ1v) is 9.24. The number of benzene rings is 1. The van der Waals surface area contributed by atoms with Crippen LogP contribution in [0.5, 0.6) is 0 Å². The van der Waals surface area contributed by atoms with Gasteiger partial charge in [-0.3, -0.25) is 9.59 Å². The lowest BCUT2D eigenvalue weighted by Crippen LogP contribution is -2.62.